The fraction of sp³-hybridized carbons (Fsp3) is 0.417. The van der Waals surface area contributed by atoms with Crippen LogP contribution in [-0.4, -0.2) is 16.3 Å². The zero-order valence-corrected chi connectivity index (χ0v) is 10.9. The van der Waals surface area contributed by atoms with Gasteiger partial charge in [-0.2, -0.15) is 0 Å². The third-order valence-corrected chi connectivity index (χ3v) is 3.69. The summed E-state index contributed by atoms with van der Waals surface area (Å²) in [6, 6.07) is 5.15. The number of hydrogen-bond acceptors (Lipinski definition) is 2. The molecule has 0 aliphatic heterocycles. The summed E-state index contributed by atoms with van der Waals surface area (Å²) in [4.78, 5) is 11.9. The molecule has 88 valence electrons. The van der Waals surface area contributed by atoms with Gasteiger partial charge in [-0.3, -0.25) is 0 Å². The molecule has 0 bridgehead atoms. The standard InChI is InChI=1S/C12H15ClO2S/c1-3-4-8(2)16-9-5-6-11(13)10(7-9)12(14)15/h5-8H,3-4H2,1-2H3,(H,14,15). The molecular weight excluding hydrogens is 244 g/mol. The predicted molar refractivity (Wildman–Crippen MR) is 68.6 cm³/mol. The summed E-state index contributed by atoms with van der Waals surface area (Å²) in [6.07, 6.45) is 2.25. The van der Waals surface area contributed by atoms with Crippen LogP contribution in [0.15, 0.2) is 23.1 Å². The quantitative estimate of drug-likeness (QED) is 0.800. The first kappa shape index (κ1) is 13.4. The van der Waals surface area contributed by atoms with Crippen molar-refractivity contribution in [1.29, 1.82) is 0 Å². The van der Waals surface area contributed by atoms with Crippen molar-refractivity contribution < 1.29 is 9.90 Å². The summed E-state index contributed by atoms with van der Waals surface area (Å²) in [5.74, 6) is -0.976. The highest BCUT2D eigenvalue weighted by Crippen LogP contribution is 2.29. The van der Waals surface area contributed by atoms with E-state index in [1.807, 2.05) is 6.07 Å². The van der Waals surface area contributed by atoms with Crippen molar-refractivity contribution in [2.75, 3.05) is 0 Å². The van der Waals surface area contributed by atoms with Gasteiger partial charge in [-0.1, -0.05) is 31.9 Å². The molecule has 0 amide bonds. The molecule has 0 aromatic heterocycles. The SMILES string of the molecule is CCCC(C)Sc1ccc(Cl)c(C(=O)O)c1. The molecule has 0 spiro atoms. The molecule has 1 aromatic carbocycles. The summed E-state index contributed by atoms with van der Waals surface area (Å²) in [7, 11) is 0. The van der Waals surface area contributed by atoms with Crippen molar-refractivity contribution in [2.45, 2.75) is 36.8 Å². The lowest BCUT2D eigenvalue weighted by atomic mass is 10.2. The largest absolute Gasteiger partial charge is 0.478 e. The highest BCUT2D eigenvalue weighted by atomic mass is 35.5. The summed E-state index contributed by atoms with van der Waals surface area (Å²) in [5, 5.41) is 9.72. The van der Waals surface area contributed by atoms with Crippen LogP contribution in [0.1, 0.15) is 37.0 Å². The molecule has 0 aliphatic rings. The van der Waals surface area contributed by atoms with Gasteiger partial charge < -0.3 is 5.11 Å². The van der Waals surface area contributed by atoms with Gasteiger partial charge in [-0.05, 0) is 24.6 Å². The average Bonchev–Trinajstić information content (AvgIpc) is 2.21. The Balaban J connectivity index is 2.82. The van der Waals surface area contributed by atoms with Gasteiger partial charge >= 0.3 is 5.97 Å². The fourth-order valence-corrected chi connectivity index (χ4v) is 2.79. The normalized spacial score (nSPS) is 12.4. The number of carbonyl (C=O) groups is 1. The first-order valence-electron chi connectivity index (χ1n) is 5.24. The lowest BCUT2D eigenvalue weighted by Gasteiger charge is -2.10. The fourth-order valence-electron chi connectivity index (χ4n) is 1.44. The highest BCUT2D eigenvalue weighted by Gasteiger charge is 2.11. The molecule has 2 nitrogen and oxygen atoms in total. The van der Waals surface area contributed by atoms with Crippen LogP contribution < -0.4 is 0 Å². The Morgan fingerprint density at radius 2 is 2.25 bits per heavy atom. The van der Waals surface area contributed by atoms with Crippen LogP contribution in [-0.2, 0) is 0 Å². The van der Waals surface area contributed by atoms with Gasteiger partial charge in [0, 0.05) is 10.1 Å². The minimum absolute atomic E-state index is 0.176. The van der Waals surface area contributed by atoms with E-state index in [4.69, 9.17) is 16.7 Å². The van der Waals surface area contributed by atoms with E-state index in [-0.39, 0.29) is 5.56 Å². The molecule has 1 unspecified atom stereocenters. The lowest BCUT2D eigenvalue weighted by molar-refractivity contribution is 0.0697. The first-order chi connectivity index (χ1) is 7.54. The number of carboxylic acids is 1. The number of benzene rings is 1. The Hall–Kier alpha value is -0.670. The summed E-state index contributed by atoms with van der Waals surface area (Å²) in [6.45, 7) is 4.28. The molecule has 1 rings (SSSR count). The van der Waals surface area contributed by atoms with E-state index in [1.54, 1.807) is 23.9 Å². The van der Waals surface area contributed by atoms with E-state index in [0.29, 0.717) is 10.3 Å². The molecule has 0 saturated heterocycles. The zero-order valence-electron chi connectivity index (χ0n) is 9.37. The Kier molecular flexibility index (Phi) is 5.16. The van der Waals surface area contributed by atoms with Gasteiger partial charge in [0.15, 0.2) is 0 Å². The van der Waals surface area contributed by atoms with E-state index in [9.17, 15) is 4.79 Å². The molecule has 1 aromatic rings. The number of thioether (sulfide) groups is 1. The predicted octanol–water partition coefficient (Wildman–Crippen LogP) is 4.32. The van der Waals surface area contributed by atoms with Crippen molar-refractivity contribution in [1.82, 2.24) is 0 Å². The van der Waals surface area contributed by atoms with Gasteiger partial charge in [0.1, 0.15) is 0 Å². The maximum Gasteiger partial charge on any atom is 0.337 e. The smallest absolute Gasteiger partial charge is 0.337 e. The second-order valence-corrected chi connectivity index (χ2v) is 5.58. The minimum atomic E-state index is -0.976. The third-order valence-electron chi connectivity index (χ3n) is 2.20. The van der Waals surface area contributed by atoms with Crippen LogP contribution in [0, 0.1) is 0 Å². The third kappa shape index (κ3) is 3.72. The molecule has 0 saturated carbocycles. The van der Waals surface area contributed by atoms with Crippen LogP contribution in [0.2, 0.25) is 5.02 Å². The van der Waals surface area contributed by atoms with E-state index in [2.05, 4.69) is 13.8 Å². The molecule has 0 heterocycles. The van der Waals surface area contributed by atoms with Crippen molar-refractivity contribution in [3.63, 3.8) is 0 Å². The molecule has 1 atom stereocenters. The Bertz CT molecular complexity index is 379. The van der Waals surface area contributed by atoms with Gasteiger partial charge in [-0.15, -0.1) is 11.8 Å². The highest BCUT2D eigenvalue weighted by molar-refractivity contribution is 7.99. The summed E-state index contributed by atoms with van der Waals surface area (Å²) in [5.41, 5.74) is 0.176. The van der Waals surface area contributed by atoms with Crippen molar-refractivity contribution in [3.05, 3.63) is 28.8 Å². The van der Waals surface area contributed by atoms with E-state index < -0.39 is 5.97 Å². The lowest BCUT2D eigenvalue weighted by Crippen LogP contribution is -1.99. The van der Waals surface area contributed by atoms with Crippen molar-refractivity contribution in [2.24, 2.45) is 0 Å². The van der Waals surface area contributed by atoms with E-state index in [0.717, 1.165) is 17.7 Å². The van der Waals surface area contributed by atoms with Crippen LogP contribution in [0.5, 0.6) is 0 Å². The van der Waals surface area contributed by atoms with E-state index >= 15 is 0 Å². The van der Waals surface area contributed by atoms with Crippen LogP contribution >= 0.6 is 23.4 Å². The molecule has 0 aliphatic carbocycles. The topological polar surface area (TPSA) is 37.3 Å². The zero-order chi connectivity index (χ0) is 12.1. The molecule has 4 heteroatoms. The average molecular weight is 259 g/mol. The molecule has 0 fully saturated rings. The van der Waals surface area contributed by atoms with Gasteiger partial charge in [0.2, 0.25) is 0 Å². The van der Waals surface area contributed by atoms with Gasteiger partial charge in [0.05, 0.1) is 10.6 Å². The van der Waals surface area contributed by atoms with Crippen molar-refractivity contribution >= 4 is 29.3 Å². The minimum Gasteiger partial charge on any atom is -0.478 e. The number of rotatable bonds is 5. The second kappa shape index (κ2) is 6.16. The van der Waals surface area contributed by atoms with Crippen LogP contribution in [0.4, 0.5) is 0 Å². The van der Waals surface area contributed by atoms with Crippen LogP contribution in [0.3, 0.4) is 0 Å². The Morgan fingerprint density at radius 1 is 1.56 bits per heavy atom. The van der Waals surface area contributed by atoms with Gasteiger partial charge in [0.25, 0.3) is 0 Å². The summed E-state index contributed by atoms with van der Waals surface area (Å²) < 4.78 is 0. The summed E-state index contributed by atoms with van der Waals surface area (Å²) >= 11 is 7.49. The number of carboxylic acid groups (broad SMARTS) is 1. The number of aromatic carboxylic acids is 1. The van der Waals surface area contributed by atoms with E-state index in [1.165, 1.54) is 0 Å². The van der Waals surface area contributed by atoms with Crippen LogP contribution in [0.25, 0.3) is 0 Å². The van der Waals surface area contributed by atoms with Crippen molar-refractivity contribution in [3.8, 4) is 0 Å². The maximum atomic E-state index is 10.9. The number of halogens is 1. The Morgan fingerprint density at radius 3 is 2.81 bits per heavy atom. The molecular formula is C12H15ClO2S. The Labute approximate surface area is 105 Å². The molecule has 16 heavy (non-hydrogen) atoms. The second-order valence-electron chi connectivity index (χ2n) is 3.66. The van der Waals surface area contributed by atoms with Gasteiger partial charge in [-0.25, -0.2) is 4.79 Å². The molecule has 0 radical (unpaired) electrons. The maximum absolute atomic E-state index is 10.9. The number of hydrogen-bond donors (Lipinski definition) is 1. The first-order valence-corrected chi connectivity index (χ1v) is 6.49. The molecule has 1 N–H and O–H groups in total. The monoisotopic (exact) mass is 258 g/mol.